The van der Waals surface area contributed by atoms with Crippen molar-refractivity contribution in [1.82, 2.24) is 10.2 Å². The Morgan fingerprint density at radius 3 is 2.41 bits per heavy atom. The molecule has 39 heavy (non-hydrogen) atoms. The maximum atomic E-state index is 13.8. The van der Waals surface area contributed by atoms with Gasteiger partial charge in [0.15, 0.2) is 0 Å². The molecule has 1 heterocycles. The molecular formula is C33H49ClN2O3. The van der Waals surface area contributed by atoms with Gasteiger partial charge in [-0.05, 0) is 104 Å². The number of halogens is 1. The molecule has 2 amide bonds. The van der Waals surface area contributed by atoms with E-state index in [4.69, 9.17) is 16.3 Å². The van der Waals surface area contributed by atoms with Crippen LogP contribution in [0.25, 0.3) is 0 Å². The molecule has 216 valence electrons. The number of carbonyl (C=O) groups excluding carboxylic acids is 2. The second-order valence-corrected chi connectivity index (χ2v) is 14.6. The van der Waals surface area contributed by atoms with Gasteiger partial charge in [0.2, 0.25) is 0 Å². The molecule has 0 aromatic heterocycles. The number of nitrogens with zero attached hydrogens (tertiary/aromatic N) is 1. The fourth-order valence-electron chi connectivity index (χ4n) is 7.63. The number of methoxy groups -OCH3 is 1. The van der Waals surface area contributed by atoms with Gasteiger partial charge in [-0.15, -0.1) is 0 Å². The van der Waals surface area contributed by atoms with Gasteiger partial charge in [-0.3, -0.25) is 9.69 Å². The predicted octanol–water partition coefficient (Wildman–Crippen LogP) is 8.13. The summed E-state index contributed by atoms with van der Waals surface area (Å²) in [7, 11) is 1.45. The number of amides is 2. The lowest BCUT2D eigenvalue weighted by molar-refractivity contribution is -0.179. The highest BCUT2D eigenvalue weighted by molar-refractivity contribution is 6.32. The van der Waals surface area contributed by atoms with Gasteiger partial charge in [0.1, 0.15) is 0 Å². The van der Waals surface area contributed by atoms with E-state index in [1.807, 2.05) is 17.9 Å². The number of nitrogens with one attached hydrogen (secondary N) is 1. The Morgan fingerprint density at radius 2 is 1.95 bits per heavy atom. The third kappa shape index (κ3) is 4.71. The third-order valence-electron chi connectivity index (χ3n) is 11.0. The largest absolute Gasteiger partial charge is 0.469 e. The number of rotatable bonds is 8. The van der Waals surface area contributed by atoms with E-state index in [0.29, 0.717) is 17.4 Å². The van der Waals surface area contributed by atoms with Gasteiger partial charge in [-0.1, -0.05) is 65.8 Å². The number of esters is 1. The second-order valence-electron chi connectivity index (χ2n) is 14.1. The van der Waals surface area contributed by atoms with E-state index >= 15 is 0 Å². The third-order valence-corrected chi connectivity index (χ3v) is 11.3. The molecule has 4 rings (SSSR count). The van der Waals surface area contributed by atoms with Crippen molar-refractivity contribution in [2.24, 2.45) is 34.5 Å². The smallest absolute Gasteiger partial charge is 0.322 e. The Labute approximate surface area is 241 Å². The minimum absolute atomic E-state index is 0.00786. The first-order valence-electron chi connectivity index (χ1n) is 14.7. The molecular weight excluding hydrogens is 508 g/mol. The molecule has 0 aromatic carbocycles. The van der Waals surface area contributed by atoms with Gasteiger partial charge in [0.05, 0.1) is 24.1 Å². The second kappa shape index (κ2) is 10.1. The van der Waals surface area contributed by atoms with Crippen molar-refractivity contribution in [2.45, 2.75) is 105 Å². The number of hydrogen-bond acceptors (Lipinski definition) is 3. The van der Waals surface area contributed by atoms with Crippen LogP contribution in [0.1, 0.15) is 93.9 Å². The molecule has 3 aliphatic carbocycles. The summed E-state index contributed by atoms with van der Waals surface area (Å²) in [4.78, 5) is 27.9. The number of ether oxygens (including phenoxy) is 1. The van der Waals surface area contributed by atoms with E-state index in [1.165, 1.54) is 7.11 Å². The lowest BCUT2D eigenvalue weighted by atomic mass is 9.46. The van der Waals surface area contributed by atoms with Crippen LogP contribution in [0.2, 0.25) is 0 Å². The van der Waals surface area contributed by atoms with E-state index in [-0.39, 0.29) is 46.1 Å². The van der Waals surface area contributed by atoms with Crippen LogP contribution in [-0.4, -0.2) is 35.1 Å². The van der Waals surface area contributed by atoms with Crippen molar-refractivity contribution in [3.63, 3.8) is 0 Å². The van der Waals surface area contributed by atoms with Crippen LogP contribution in [0.5, 0.6) is 0 Å². The van der Waals surface area contributed by atoms with Crippen LogP contribution in [0.4, 0.5) is 4.79 Å². The van der Waals surface area contributed by atoms with E-state index in [9.17, 15) is 9.59 Å². The fraction of sp³-hybridized carbons (Fsp3) is 0.697. The van der Waals surface area contributed by atoms with Crippen LogP contribution in [-0.2, 0) is 9.53 Å². The lowest BCUT2D eigenvalue weighted by Gasteiger charge is -2.66. The first-order chi connectivity index (χ1) is 18.1. The molecule has 3 fully saturated rings. The van der Waals surface area contributed by atoms with Gasteiger partial charge in [-0.25, -0.2) is 4.79 Å². The first-order valence-corrected chi connectivity index (χ1v) is 15.1. The van der Waals surface area contributed by atoms with Crippen LogP contribution in [0, 0.1) is 34.5 Å². The number of urea groups is 1. The van der Waals surface area contributed by atoms with Gasteiger partial charge >= 0.3 is 12.0 Å². The van der Waals surface area contributed by atoms with Crippen molar-refractivity contribution < 1.29 is 14.3 Å². The number of carbonyl (C=O) groups is 2. The molecule has 0 radical (unpaired) electrons. The summed E-state index contributed by atoms with van der Waals surface area (Å²) in [5.41, 5.74) is 2.39. The highest BCUT2D eigenvalue weighted by Gasteiger charge is 2.67. The molecule has 1 aliphatic heterocycles. The lowest BCUT2D eigenvalue weighted by Crippen LogP contribution is -2.74. The molecule has 0 saturated heterocycles. The maximum Gasteiger partial charge on any atom is 0.322 e. The zero-order chi connectivity index (χ0) is 29.1. The van der Waals surface area contributed by atoms with Crippen LogP contribution >= 0.6 is 11.6 Å². The zero-order valence-corrected chi connectivity index (χ0v) is 26.3. The molecule has 3 saturated carbocycles. The van der Waals surface area contributed by atoms with Crippen molar-refractivity contribution in [3.8, 4) is 0 Å². The normalized spacial score (nSPS) is 37.4. The van der Waals surface area contributed by atoms with Crippen molar-refractivity contribution in [3.05, 3.63) is 46.7 Å². The number of hydrogen-bond donors (Lipinski definition) is 1. The molecule has 0 aromatic rings. The summed E-state index contributed by atoms with van der Waals surface area (Å²) in [5, 5.41) is 4.05. The molecule has 2 unspecified atom stereocenters. The Kier molecular flexibility index (Phi) is 7.77. The van der Waals surface area contributed by atoms with Gasteiger partial charge in [-0.2, -0.15) is 0 Å². The minimum atomic E-state index is -0.700. The van der Waals surface area contributed by atoms with Crippen molar-refractivity contribution in [2.75, 3.05) is 7.11 Å². The monoisotopic (exact) mass is 556 g/mol. The first kappa shape index (κ1) is 30.0. The van der Waals surface area contributed by atoms with Crippen molar-refractivity contribution >= 4 is 23.6 Å². The van der Waals surface area contributed by atoms with E-state index < -0.39 is 5.54 Å². The summed E-state index contributed by atoms with van der Waals surface area (Å²) >= 11 is 7.00. The molecule has 6 heteroatoms. The molecule has 0 spiro atoms. The molecule has 5 atom stereocenters. The van der Waals surface area contributed by atoms with E-state index in [0.717, 1.165) is 48.8 Å². The Hall–Kier alpha value is -2.01. The van der Waals surface area contributed by atoms with Crippen LogP contribution < -0.4 is 5.32 Å². The standard InChI is InChI=1S/C33H49ClN2O3/c1-11-20(3)26-19-36(33-14-13-25(33)24(18-33)28(37)39-10)29(38)35-32(26,9)22(12-2)15-27(34)21(4)31(8)16-23(17-31)30(5,6)7/h12,15,19-20,23-25H,4,11,13-14,16-18H2,1-3,5-10H3,(H,35,38)/b22-12+,27-15+/t20-,23-,24?,25?,31+,32-,33+/m0/s1. The maximum absolute atomic E-state index is 13.8. The average molecular weight is 557 g/mol. The molecule has 0 bridgehead atoms. The minimum Gasteiger partial charge on any atom is -0.469 e. The summed E-state index contributed by atoms with van der Waals surface area (Å²) in [6.07, 6.45) is 11.8. The molecule has 1 N–H and O–H groups in total. The average Bonchev–Trinajstić information content (AvgIpc) is 2.85. The summed E-state index contributed by atoms with van der Waals surface area (Å²) < 4.78 is 5.03. The van der Waals surface area contributed by atoms with Crippen LogP contribution in [0.15, 0.2) is 46.7 Å². The van der Waals surface area contributed by atoms with E-state index in [2.05, 4.69) is 72.6 Å². The van der Waals surface area contributed by atoms with Crippen molar-refractivity contribution in [1.29, 1.82) is 0 Å². The highest BCUT2D eigenvalue weighted by Crippen LogP contribution is 2.62. The SMILES string of the molecule is C=C(/C(Cl)=C\C(=C/C)[C@]1(C)NC(=O)N([C@@]23CCC2C(C(=O)OC)C3)C=C1[C@@H](C)CC)[C@]1(C)C[C@H](C(C)(C)C)C1. The topological polar surface area (TPSA) is 58.6 Å². The van der Waals surface area contributed by atoms with Gasteiger partial charge < -0.3 is 10.1 Å². The molecule has 4 aliphatic rings. The Balaban J connectivity index is 1.62. The quantitative estimate of drug-likeness (QED) is 0.242. The summed E-state index contributed by atoms with van der Waals surface area (Å²) in [5.74, 6) is 0.787. The van der Waals surface area contributed by atoms with Gasteiger partial charge in [0.25, 0.3) is 0 Å². The van der Waals surface area contributed by atoms with E-state index in [1.54, 1.807) is 0 Å². The predicted molar refractivity (Wildman–Crippen MR) is 159 cm³/mol. The van der Waals surface area contributed by atoms with Gasteiger partial charge in [0, 0.05) is 11.2 Å². The number of fused-ring (bicyclic) bond motifs is 1. The Morgan fingerprint density at radius 1 is 1.31 bits per heavy atom. The number of allylic oxidation sites excluding steroid dienone is 3. The fourth-order valence-corrected chi connectivity index (χ4v) is 7.98. The zero-order valence-electron chi connectivity index (χ0n) is 25.5. The summed E-state index contributed by atoms with van der Waals surface area (Å²) in [6.45, 7) is 22.1. The highest BCUT2D eigenvalue weighted by atomic mass is 35.5. The summed E-state index contributed by atoms with van der Waals surface area (Å²) in [6, 6.07) is -0.112. The molecule has 5 nitrogen and oxygen atoms in total. The Bertz CT molecular complexity index is 1140. The van der Waals surface area contributed by atoms with Crippen LogP contribution in [0.3, 0.4) is 0 Å².